The summed E-state index contributed by atoms with van der Waals surface area (Å²) in [4.78, 5) is 21.0. The Morgan fingerprint density at radius 3 is 2.83 bits per heavy atom. The number of aryl methyl sites for hydroxylation is 1. The molecule has 1 aromatic carbocycles. The van der Waals surface area contributed by atoms with E-state index in [1.54, 1.807) is 19.1 Å². The highest BCUT2D eigenvalue weighted by Gasteiger charge is 2.17. The van der Waals surface area contributed by atoms with Crippen LogP contribution in [0.1, 0.15) is 15.4 Å². The summed E-state index contributed by atoms with van der Waals surface area (Å²) in [6.07, 6.45) is 1.05. The molecule has 0 saturated heterocycles. The van der Waals surface area contributed by atoms with Crippen LogP contribution in [0.25, 0.3) is 10.6 Å². The van der Waals surface area contributed by atoms with Gasteiger partial charge in [0.2, 0.25) is 0 Å². The molecule has 0 fully saturated rings. The van der Waals surface area contributed by atoms with Crippen LogP contribution in [0.5, 0.6) is 0 Å². The molecule has 0 aliphatic rings. The van der Waals surface area contributed by atoms with Gasteiger partial charge in [-0.3, -0.25) is 4.79 Å². The van der Waals surface area contributed by atoms with Gasteiger partial charge in [-0.05, 0) is 31.2 Å². The zero-order valence-corrected chi connectivity index (χ0v) is 13.6. The maximum atomic E-state index is 12.8. The molecule has 0 saturated carbocycles. The lowest BCUT2D eigenvalue weighted by atomic mass is 10.2. The van der Waals surface area contributed by atoms with E-state index in [9.17, 15) is 9.18 Å². The molecular weight excluding hydrogens is 337 g/mol. The Bertz CT molecular complexity index is 864. The van der Waals surface area contributed by atoms with E-state index in [0.717, 1.165) is 11.8 Å². The second-order valence-corrected chi connectivity index (χ2v) is 6.20. The van der Waals surface area contributed by atoms with Crippen molar-refractivity contribution in [1.29, 1.82) is 0 Å². The number of amides is 1. The Kier molecular flexibility index (Phi) is 4.36. The molecule has 0 aliphatic heterocycles. The molecule has 116 valence electrons. The van der Waals surface area contributed by atoms with Gasteiger partial charge in [0.1, 0.15) is 21.5 Å². The van der Waals surface area contributed by atoms with Crippen LogP contribution in [0, 0.1) is 12.7 Å². The van der Waals surface area contributed by atoms with Crippen LogP contribution in [-0.2, 0) is 0 Å². The van der Waals surface area contributed by atoms with Crippen molar-refractivity contribution < 1.29 is 9.18 Å². The predicted octanol–water partition coefficient (Wildman–Crippen LogP) is 4.56. The monoisotopic (exact) mass is 347 g/mol. The van der Waals surface area contributed by atoms with E-state index >= 15 is 0 Å². The van der Waals surface area contributed by atoms with Crippen molar-refractivity contribution in [3.63, 3.8) is 0 Å². The molecule has 0 aliphatic carbocycles. The van der Waals surface area contributed by atoms with Crippen molar-refractivity contribution in [3.8, 4) is 10.6 Å². The molecule has 1 amide bonds. The molecule has 0 atom stereocenters. The van der Waals surface area contributed by atoms with Crippen molar-refractivity contribution >= 4 is 34.7 Å². The minimum absolute atomic E-state index is 0.286. The SMILES string of the molecule is Cc1nc(-c2cccc(Cl)c2)sc1C(=O)Nc1ccc(F)cn1. The molecule has 2 heterocycles. The van der Waals surface area contributed by atoms with Gasteiger partial charge in [-0.2, -0.15) is 0 Å². The fraction of sp³-hybridized carbons (Fsp3) is 0.0625. The molecule has 0 radical (unpaired) electrons. The molecule has 7 heteroatoms. The lowest BCUT2D eigenvalue weighted by Crippen LogP contribution is -2.12. The van der Waals surface area contributed by atoms with Gasteiger partial charge in [0.25, 0.3) is 5.91 Å². The summed E-state index contributed by atoms with van der Waals surface area (Å²) < 4.78 is 12.8. The fourth-order valence-corrected chi connectivity index (χ4v) is 3.12. The number of halogens is 2. The van der Waals surface area contributed by atoms with Crippen LogP contribution in [0.2, 0.25) is 5.02 Å². The Morgan fingerprint density at radius 1 is 1.30 bits per heavy atom. The lowest BCUT2D eigenvalue weighted by molar-refractivity contribution is 0.102. The number of carbonyl (C=O) groups excluding carboxylic acids is 1. The van der Waals surface area contributed by atoms with Gasteiger partial charge in [0.05, 0.1) is 11.9 Å². The maximum absolute atomic E-state index is 12.8. The second kappa shape index (κ2) is 6.44. The number of hydrogen-bond acceptors (Lipinski definition) is 4. The summed E-state index contributed by atoms with van der Waals surface area (Å²) in [5, 5.41) is 3.95. The standard InChI is InChI=1S/C16H11ClFN3OS/c1-9-14(15(22)21-13-6-5-12(18)8-19-13)23-16(20-9)10-3-2-4-11(17)7-10/h2-8H,1H3,(H,19,21,22). The van der Waals surface area contributed by atoms with Gasteiger partial charge in [0, 0.05) is 10.6 Å². The number of nitrogens with zero attached hydrogens (tertiary/aromatic N) is 2. The summed E-state index contributed by atoms with van der Waals surface area (Å²) in [7, 11) is 0. The lowest BCUT2D eigenvalue weighted by Gasteiger charge is -2.02. The van der Waals surface area contributed by atoms with Crippen LogP contribution >= 0.6 is 22.9 Å². The van der Waals surface area contributed by atoms with Crippen LogP contribution in [0.3, 0.4) is 0 Å². The third-order valence-electron chi connectivity index (χ3n) is 3.04. The van der Waals surface area contributed by atoms with Crippen molar-refractivity contribution in [2.45, 2.75) is 6.92 Å². The zero-order chi connectivity index (χ0) is 16.4. The molecule has 0 spiro atoms. The van der Waals surface area contributed by atoms with Gasteiger partial charge < -0.3 is 5.32 Å². The van der Waals surface area contributed by atoms with E-state index in [1.807, 2.05) is 12.1 Å². The molecule has 3 aromatic rings. The highest BCUT2D eigenvalue weighted by atomic mass is 35.5. The first kappa shape index (κ1) is 15.6. The molecular formula is C16H11ClFN3OS. The molecule has 23 heavy (non-hydrogen) atoms. The first-order valence-corrected chi connectivity index (χ1v) is 7.88. The molecule has 1 N–H and O–H groups in total. The number of aromatic nitrogens is 2. The molecule has 4 nitrogen and oxygen atoms in total. The highest BCUT2D eigenvalue weighted by molar-refractivity contribution is 7.17. The number of carbonyl (C=O) groups is 1. The first-order valence-electron chi connectivity index (χ1n) is 6.69. The highest BCUT2D eigenvalue weighted by Crippen LogP contribution is 2.29. The van der Waals surface area contributed by atoms with Crippen molar-refractivity contribution in [2.24, 2.45) is 0 Å². The number of thiazole rings is 1. The number of benzene rings is 1. The zero-order valence-electron chi connectivity index (χ0n) is 12.0. The number of rotatable bonds is 3. The van der Waals surface area contributed by atoms with Gasteiger partial charge in [-0.15, -0.1) is 11.3 Å². The van der Waals surface area contributed by atoms with E-state index in [4.69, 9.17) is 11.6 Å². The Labute approximate surface area is 141 Å². The Balaban J connectivity index is 1.85. The largest absolute Gasteiger partial charge is 0.306 e. The third kappa shape index (κ3) is 3.55. The van der Waals surface area contributed by atoms with Crippen LogP contribution in [0.4, 0.5) is 10.2 Å². The molecule has 2 aromatic heterocycles. The van der Waals surface area contributed by atoms with E-state index in [2.05, 4.69) is 15.3 Å². The van der Waals surface area contributed by atoms with Crippen molar-refractivity contribution in [2.75, 3.05) is 5.32 Å². The van der Waals surface area contributed by atoms with Gasteiger partial charge in [-0.1, -0.05) is 23.7 Å². The van der Waals surface area contributed by atoms with Crippen LogP contribution < -0.4 is 5.32 Å². The summed E-state index contributed by atoms with van der Waals surface area (Å²) in [5.41, 5.74) is 1.47. The molecule has 3 rings (SSSR count). The average molecular weight is 348 g/mol. The number of anilines is 1. The Hall–Kier alpha value is -2.31. The average Bonchev–Trinajstić information content (AvgIpc) is 2.92. The number of nitrogens with one attached hydrogen (secondary N) is 1. The predicted molar refractivity (Wildman–Crippen MR) is 89.4 cm³/mol. The van der Waals surface area contributed by atoms with Crippen LogP contribution in [0.15, 0.2) is 42.6 Å². The summed E-state index contributed by atoms with van der Waals surface area (Å²) in [5.74, 6) is -0.499. The van der Waals surface area contributed by atoms with Crippen molar-refractivity contribution in [3.05, 3.63) is 64.0 Å². The third-order valence-corrected chi connectivity index (χ3v) is 4.48. The minimum atomic E-state index is -0.458. The van der Waals surface area contributed by atoms with Crippen molar-refractivity contribution in [1.82, 2.24) is 9.97 Å². The summed E-state index contributed by atoms with van der Waals surface area (Å²) >= 11 is 7.25. The van der Waals surface area contributed by atoms with E-state index in [-0.39, 0.29) is 11.7 Å². The summed E-state index contributed by atoms with van der Waals surface area (Å²) in [6, 6.07) is 9.92. The smallest absolute Gasteiger partial charge is 0.268 e. The topological polar surface area (TPSA) is 54.9 Å². The van der Waals surface area contributed by atoms with Gasteiger partial charge in [0.15, 0.2) is 0 Å². The van der Waals surface area contributed by atoms with E-state index in [1.165, 1.54) is 23.5 Å². The quantitative estimate of drug-likeness (QED) is 0.755. The van der Waals surface area contributed by atoms with Crippen LogP contribution in [-0.4, -0.2) is 15.9 Å². The van der Waals surface area contributed by atoms with Gasteiger partial charge >= 0.3 is 0 Å². The van der Waals surface area contributed by atoms with Gasteiger partial charge in [-0.25, -0.2) is 14.4 Å². The minimum Gasteiger partial charge on any atom is -0.306 e. The Morgan fingerprint density at radius 2 is 2.13 bits per heavy atom. The summed E-state index contributed by atoms with van der Waals surface area (Å²) in [6.45, 7) is 1.76. The normalized spacial score (nSPS) is 10.6. The number of pyridine rings is 1. The number of hydrogen-bond donors (Lipinski definition) is 1. The second-order valence-electron chi connectivity index (χ2n) is 4.76. The maximum Gasteiger partial charge on any atom is 0.268 e. The first-order chi connectivity index (χ1) is 11.0. The molecule has 0 bridgehead atoms. The fourth-order valence-electron chi connectivity index (χ4n) is 1.97. The molecule has 0 unspecified atom stereocenters. The van der Waals surface area contributed by atoms with E-state index in [0.29, 0.717) is 20.6 Å². The van der Waals surface area contributed by atoms with E-state index < -0.39 is 5.82 Å².